The molecule has 2 saturated heterocycles. The van der Waals surface area contributed by atoms with Gasteiger partial charge in [0.05, 0.1) is 23.1 Å². The molecule has 43 heavy (non-hydrogen) atoms. The lowest BCUT2D eigenvalue weighted by Gasteiger charge is -2.34. The monoisotopic (exact) mass is 603 g/mol. The zero-order chi connectivity index (χ0) is 29.6. The van der Waals surface area contributed by atoms with Crippen molar-refractivity contribution >= 4 is 46.0 Å². The number of aromatic nitrogens is 2. The second-order valence-corrected chi connectivity index (χ2v) is 11.8. The Bertz CT molecular complexity index is 1550. The fourth-order valence-electron chi connectivity index (χ4n) is 5.35. The van der Waals surface area contributed by atoms with Gasteiger partial charge in [-0.1, -0.05) is 0 Å². The van der Waals surface area contributed by atoms with Gasteiger partial charge >= 0.3 is 0 Å². The first-order chi connectivity index (χ1) is 21.1. The van der Waals surface area contributed by atoms with Crippen molar-refractivity contribution in [2.75, 3.05) is 68.7 Å². The number of benzene rings is 2. The van der Waals surface area contributed by atoms with Gasteiger partial charge < -0.3 is 29.6 Å². The van der Waals surface area contributed by atoms with Crippen molar-refractivity contribution in [2.24, 2.45) is 5.92 Å². The van der Waals surface area contributed by atoms with E-state index in [1.54, 1.807) is 12.3 Å². The number of fused-ring (bicyclic) bond motifs is 1. The summed E-state index contributed by atoms with van der Waals surface area (Å²) in [5.74, 6) is 1.25. The molecule has 0 atom stereocenters. The van der Waals surface area contributed by atoms with Crippen LogP contribution < -0.4 is 25.2 Å². The Hall–Kier alpha value is -3.97. The Labute approximate surface area is 255 Å². The highest BCUT2D eigenvalue weighted by Crippen LogP contribution is 2.33. The van der Waals surface area contributed by atoms with E-state index < -0.39 is 0 Å². The number of amides is 1. The molecule has 0 saturated carbocycles. The van der Waals surface area contributed by atoms with Crippen LogP contribution in [0.2, 0.25) is 0 Å². The van der Waals surface area contributed by atoms with Gasteiger partial charge in [-0.05, 0) is 80.2 Å². The van der Waals surface area contributed by atoms with Crippen molar-refractivity contribution in [3.63, 3.8) is 0 Å². The molecule has 0 unspecified atom stereocenters. The summed E-state index contributed by atoms with van der Waals surface area (Å²) < 4.78 is 14.7. The predicted molar refractivity (Wildman–Crippen MR) is 170 cm³/mol. The van der Waals surface area contributed by atoms with Gasteiger partial charge in [-0.25, -0.2) is 4.98 Å². The van der Waals surface area contributed by atoms with Gasteiger partial charge in [0.1, 0.15) is 17.1 Å². The number of H-pyrrole nitrogens is 1. The number of likely N-dealkylation sites (N-methyl/N-ethyl adjacent to an activating group) is 1. The molecule has 4 aromatic rings. The molecule has 2 aromatic heterocycles. The molecular weight excluding hydrogens is 566 g/mol. The van der Waals surface area contributed by atoms with Crippen molar-refractivity contribution in [3.8, 4) is 11.5 Å². The van der Waals surface area contributed by atoms with Crippen LogP contribution >= 0.6 is 11.9 Å². The molecule has 2 aromatic carbocycles. The third-order valence-electron chi connectivity index (χ3n) is 7.98. The lowest BCUT2D eigenvalue weighted by molar-refractivity contribution is 0.0699. The Kier molecular flexibility index (Phi) is 9.18. The van der Waals surface area contributed by atoms with Crippen molar-refractivity contribution in [2.45, 2.75) is 17.7 Å². The Morgan fingerprint density at radius 2 is 1.93 bits per heavy atom. The average Bonchev–Trinajstić information content (AvgIpc) is 3.52. The summed E-state index contributed by atoms with van der Waals surface area (Å²) in [6.07, 6.45) is 5.53. The number of aromatic amines is 1. The summed E-state index contributed by atoms with van der Waals surface area (Å²) in [5, 5.41) is 14.1. The van der Waals surface area contributed by atoms with Crippen LogP contribution in [0.15, 0.2) is 65.8 Å². The number of carbonyl (C=O) groups excluding carboxylic acids is 1. The third kappa shape index (κ3) is 7.16. The minimum absolute atomic E-state index is 0.291. The van der Waals surface area contributed by atoms with Gasteiger partial charge in [-0.15, -0.1) is 0 Å². The molecule has 2 aliphatic heterocycles. The number of piperazine rings is 1. The molecule has 1 amide bonds. The van der Waals surface area contributed by atoms with Crippen molar-refractivity contribution in [3.05, 3.63) is 66.5 Å². The van der Waals surface area contributed by atoms with E-state index in [1.165, 1.54) is 11.9 Å². The molecule has 226 valence electrons. The summed E-state index contributed by atoms with van der Waals surface area (Å²) >= 11 is 1.18. The quantitative estimate of drug-likeness (QED) is 0.122. The highest BCUT2D eigenvalue weighted by atomic mass is 32.2. The van der Waals surface area contributed by atoms with Crippen molar-refractivity contribution in [1.82, 2.24) is 19.6 Å². The SMILES string of the molecule is CN1CCN(c2ccc(C(=O)NSc3ccc(NCC4CCOCC4)c(NO)c3)c(Oc3cnc4[nH]ccc4c3)c2)CC1. The smallest absolute Gasteiger partial charge is 0.265 e. The van der Waals surface area contributed by atoms with E-state index >= 15 is 0 Å². The number of nitrogens with zero attached hydrogens (tertiary/aromatic N) is 3. The fraction of sp³-hybridized carbons (Fsp3) is 0.355. The van der Waals surface area contributed by atoms with E-state index in [0.717, 1.165) is 86.1 Å². The van der Waals surface area contributed by atoms with E-state index in [4.69, 9.17) is 9.47 Å². The van der Waals surface area contributed by atoms with Crippen LogP contribution in [0.3, 0.4) is 0 Å². The molecule has 2 fully saturated rings. The molecule has 0 radical (unpaired) electrons. The number of hydrogen-bond donors (Lipinski definition) is 5. The van der Waals surface area contributed by atoms with Gasteiger partial charge in [-0.2, -0.15) is 0 Å². The van der Waals surface area contributed by atoms with Crippen LogP contribution in [-0.4, -0.2) is 79.0 Å². The number of hydrogen-bond acceptors (Lipinski definition) is 10. The van der Waals surface area contributed by atoms with Crippen LogP contribution in [0.25, 0.3) is 11.0 Å². The highest BCUT2D eigenvalue weighted by molar-refractivity contribution is 7.98. The van der Waals surface area contributed by atoms with E-state index in [2.05, 4.69) is 42.3 Å². The van der Waals surface area contributed by atoms with Crippen molar-refractivity contribution in [1.29, 1.82) is 0 Å². The maximum atomic E-state index is 13.5. The fourth-order valence-corrected chi connectivity index (χ4v) is 5.98. The van der Waals surface area contributed by atoms with E-state index in [1.807, 2.05) is 48.7 Å². The lowest BCUT2D eigenvalue weighted by atomic mass is 10.0. The number of anilines is 3. The van der Waals surface area contributed by atoms with Gasteiger partial charge in [-0.3, -0.25) is 20.2 Å². The number of rotatable bonds is 10. The zero-order valence-electron chi connectivity index (χ0n) is 24.1. The lowest BCUT2D eigenvalue weighted by Crippen LogP contribution is -2.44. The first-order valence-corrected chi connectivity index (χ1v) is 15.4. The molecule has 4 heterocycles. The standard InChI is InChI=1S/C31H37N7O4S/c1-37-10-12-38(13-11-37)23-2-4-26(29(17-23)42-24-16-22-6-9-32-30(22)34-20-24)31(39)36-43-25-3-5-27(28(18-25)35-40)33-19-21-7-14-41-15-8-21/h2-6,9,16-18,20-21,33,35,40H,7-8,10-15,19H2,1H3,(H,32,34)(H,36,39). The van der Waals surface area contributed by atoms with Crippen LogP contribution in [0, 0.1) is 5.92 Å². The minimum atomic E-state index is -0.291. The number of nitrogens with one attached hydrogen (secondary N) is 4. The van der Waals surface area contributed by atoms with Crippen LogP contribution in [0.4, 0.5) is 17.1 Å². The topological polar surface area (TPSA) is 127 Å². The molecule has 6 rings (SSSR count). The first kappa shape index (κ1) is 29.1. The largest absolute Gasteiger partial charge is 0.455 e. The molecule has 0 aliphatic carbocycles. The third-order valence-corrected chi connectivity index (χ3v) is 8.75. The van der Waals surface area contributed by atoms with Crippen LogP contribution in [0.5, 0.6) is 11.5 Å². The van der Waals surface area contributed by atoms with E-state index in [0.29, 0.717) is 28.7 Å². The summed E-state index contributed by atoms with van der Waals surface area (Å²) in [6.45, 7) is 6.12. The maximum absolute atomic E-state index is 13.5. The van der Waals surface area contributed by atoms with Crippen molar-refractivity contribution < 1.29 is 19.5 Å². The van der Waals surface area contributed by atoms with Gasteiger partial charge in [0, 0.05) is 74.2 Å². The number of carbonyl (C=O) groups is 1. The molecule has 11 nitrogen and oxygen atoms in total. The zero-order valence-corrected chi connectivity index (χ0v) is 25.0. The summed E-state index contributed by atoms with van der Waals surface area (Å²) in [4.78, 5) is 26.4. The molecule has 0 bridgehead atoms. The molecular formula is C31H37N7O4S. The van der Waals surface area contributed by atoms with Crippen LogP contribution in [-0.2, 0) is 4.74 Å². The van der Waals surface area contributed by atoms with E-state index in [-0.39, 0.29) is 5.91 Å². The molecule has 12 heteroatoms. The van der Waals surface area contributed by atoms with Crippen LogP contribution in [0.1, 0.15) is 23.2 Å². The predicted octanol–water partition coefficient (Wildman–Crippen LogP) is 5.18. The van der Waals surface area contributed by atoms with E-state index in [9.17, 15) is 10.0 Å². The molecule has 2 aliphatic rings. The Morgan fingerprint density at radius 3 is 2.74 bits per heavy atom. The second-order valence-electron chi connectivity index (χ2n) is 10.9. The minimum Gasteiger partial charge on any atom is -0.455 e. The molecule has 0 spiro atoms. The normalized spacial score (nSPS) is 16.3. The van der Waals surface area contributed by atoms with Gasteiger partial charge in [0.2, 0.25) is 0 Å². The maximum Gasteiger partial charge on any atom is 0.265 e. The Morgan fingerprint density at radius 1 is 1.09 bits per heavy atom. The second kappa shape index (κ2) is 13.6. The average molecular weight is 604 g/mol. The molecule has 5 N–H and O–H groups in total. The summed E-state index contributed by atoms with van der Waals surface area (Å²) in [7, 11) is 2.12. The number of ether oxygens (including phenoxy) is 2. The van der Waals surface area contributed by atoms with Gasteiger partial charge in [0.25, 0.3) is 5.91 Å². The van der Waals surface area contributed by atoms with Gasteiger partial charge in [0.15, 0.2) is 0 Å². The highest BCUT2D eigenvalue weighted by Gasteiger charge is 2.20. The number of pyridine rings is 1. The summed E-state index contributed by atoms with van der Waals surface area (Å²) in [6, 6.07) is 15.1. The Balaban J connectivity index is 1.17. The summed E-state index contributed by atoms with van der Waals surface area (Å²) in [5.41, 5.74) is 5.81. The first-order valence-electron chi connectivity index (χ1n) is 14.6.